The molecule has 0 aliphatic carbocycles. The summed E-state index contributed by atoms with van der Waals surface area (Å²) < 4.78 is 1.27. The van der Waals surface area contributed by atoms with E-state index < -0.39 is 0 Å². The molecule has 0 saturated heterocycles. The van der Waals surface area contributed by atoms with Crippen LogP contribution in [0.4, 0.5) is 5.82 Å². The average Bonchev–Trinajstić information content (AvgIpc) is 2.92. The van der Waals surface area contributed by atoms with Crippen molar-refractivity contribution in [2.45, 2.75) is 49.3 Å². The van der Waals surface area contributed by atoms with Crippen LogP contribution in [-0.2, 0) is 0 Å². The van der Waals surface area contributed by atoms with Crippen molar-refractivity contribution in [3.63, 3.8) is 0 Å². The van der Waals surface area contributed by atoms with Crippen molar-refractivity contribution in [2.24, 2.45) is 0 Å². The number of anilines is 1. The zero-order chi connectivity index (χ0) is 14.5. The van der Waals surface area contributed by atoms with Crippen LogP contribution in [0.25, 0.3) is 0 Å². The molecule has 2 rings (SSSR count). The zero-order valence-electron chi connectivity index (χ0n) is 12.4. The topological polar surface area (TPSA) is 37.8 Å². The molecule has 2 aromatic rings. The number of aromatic nitrogens is 2. The van der Waals surface area contributed by atoms with Gasteiger partial charge in [0.2, 0.25) is 0 Å². The lowest BCUT2D eigenvalue weighted by Crippen LogP contribution is -2.09. The van der Waals surface area contributed by atoms with Crippen molar-refractivity contribution in [2.75, 3.05) is 11.9 Å². The zero-order valence-corrected chi connectivity index (χ0v) is 14.1. The Morgan fingerprint density at radius 3 is 2.75 bits per heavy atom. The standard InChI is InChI=1S/C15H21N3S2/c1-5-8-16-14-11(4)15(18-13(17-14)10(2)3)20-12-7-6-9-19-12/h6-7,9-10H,5,8H2,1-4H3,(H,16,17,18). The van der Waals surface area contributed by atoms with Gasteiger partial charge in [-0.3, -0.25) is 0 Å². The highest BCUT2D eigenvalue weighted by Crippen LogP contribution is 2.34. The van der Waals surface area contributed by atoms with Crippen LogP contribution in [0.15, 0.2) is 26.7 Å². The summed E-state index contributed by atoms with van der Waals surface area (Å²) in [6, 6.07) is 4.20. The van der Waals surface area contributed by atoms with Crippen LogP contribution in [0.2, 0.25) is 0 Å². The summed E-state index contributed by atoms with van der Waals surface area (Å²) >= 11 is 3.47. The van der Waals surface area contributed by atoms with E-state index >= 15 is 0 Å². The molecule has 0 amide bonds. The smallest absolute Gasteiger partial charge is 0.134 e. The maximum atomic E-state index is 4.73. The Hall–Kier alpha value is -1.07. The van der Waals surface area contributed by atoms with Crippen LogP contribution < -0.4 is 5.32 Å². The fourth-order valence-electron chi connectivity index (χ4n) is 1.70. The number of rotatable bonds is 6. The molecular formula is C15H21N3S2. The van der Waals surface area contributed by atoms with Crippen LogP contribution >= 0.6 is 23.1 Å². The third-order valence-electron chi connectivity index (χ3n) is 2.87. The molecule has 0 aliphatic heterocycles. The van der Waals surface area contributed by atoms with Gasteiger partial charge in [-0.05, 0) is 24.8 Å². The molecule has 0 saturated carbocycles. The minimum Gasteiger partial charge on any atom is -0.370 e. The van der Waals surface area contributed by atoms with Crippen molar-refractivity contribution in [3.8, 4) is 0 Å². The van der Waals surface area contributed by atoms with Gasteiger partial charge in [-0.15, -0.1) is 11.3 Å². The van der Waals surface area contributed by atoms with Crippen LogP contribution in [0.1, 0.15) is 44.5 Å². The summed E-state index contributed by atoms with van der Waals surface area (Å²) in [4.78, 5) is 9.40. The Bertz CT molecular complexity index is 550. The molecule has 0 radical (unpaired) electrons. The Balaban J connectivity index is 2.35. The molecule has 0 atom stereocenters. The van der Waals surface area contributed by atoms with Crippen LogP contribution in [-0.4, -0.2) is 16.5 Å². The molecule has 0 aromatic carbocycles. The predicted octanol–water partition coefficient (Wildman–Crippen LogP) is 4.94. The van der Waals surface area contributed by atoms with Gasteiger partial charge in [0.15, 0.2) is 0 Å². The first-order valence-electron chi connectivity index (χ1n) is 6.95. The van der Waals surface area contributed by atoms with Gasteiger partial charge in [0.1, 0.15) is 16.7 Å². The van der Waals surface area contributed by atoms with E-state index in [1.807, 2.05) is 0 Å². The molecule has 20 heavy (non-hydrogen) atoms. The maximum absolute atomic E-state index is 4.73. The summed E-state index contributed by atoms with van der Waals surface area (Å²) in [7, 11) is 0. The predicted molar refractivity (Wildman–Crippen MR) is 88.1 cm³/mol. The van der Waals surface area contributed by atoms with Crippen molar-refractivity contribution in [3.05, 3.63) is 28.9 Å². The Kier molecular flexibility index (Phi) is 5.43. The number of hydrogen-bond acceptors (Lipinski definition) is 5. The first-order chi connectivity index (χ1) is 9.61. The monoisotopic (exact) mass is 307 g/mol. The van der Waals surface area contributed by atoms with Gasteiger partial charge < -0.3 is 5.32 Å². The van der Waals surface area contributed by atoms with E-state index in [-0.39, 0.29) is 0 Å². The van der Waals surface area contributed by atoms with Crippen molar-refractivity contribution >= 4 is 28.9 Å². The number of thiophene rings is 1. The maximum Gasteiger partial charge on any atom is 0.134 e. The molecule has 1 N–H and O–H groups in total. The summed E-state index contributed by atoms with van der Waals surface area (Å²) in [6.07, 6.45) is 1.09. The molecule has 0 spiro atoms. The normalized spacial score (nSPS) is 11.1. The molecule has 5 heteroatoms. The van der Waals surface area contributed by atoms with Crippen LogP contribution in [0.5, 0.6) is 0 Å². The van der Waals surface area contributed by atoms with Gasteiger partial charge in [-0.2, -0.15) is 0 Å². The molecule has 0 fully saturated rings. The fourth-order valence-corrected chi connectivity index (χ4v) is 3.47. The highest BCUT2D eigenvalue weighted by Gasteiger charge is 2.14. The molecule has 0 aliphatic rings. The van der Waals surface area contributed by atoms with Gasteiger partial charge in [0.05, 0.1) is 4.21 Å². The van der Waals surface area contributed by atoms with Crippen LogP contribution in [0, 0.1) is 6.92 Å². The van der Waals surface area contributed by atoms with E-state index in [0.717, 1.165) is 35.2 Å². The first kappa shape index (κ1) is 15.3. The quantitative estimate of drug-likeness (QED) is 0.767. The van der Waals surface area contributed by atoms with Gasteiger partial charge in [-0.1, -0.05) is 38.6 Å². The molecule has 2 aromatic heterocycles. The molecular weight excluding hydrogens is 286 g/mol. The lowest BCUT2D eigenvalue weighted by molar-refractivity contribution is 0.747. The number of nitrogens with one attached hydrogen (secondary N) is 1. The van der Waals surface area contributed by atoms with E-state index in [4.69, 9.17) is 4.98 Å². The largest absolute Gasteiger partial charge is 0.370 e. The van der Waals surface area contributed by atoms with Gasteiger partial charge in [0.25, 0.3) is 0 Å². The van der Waals surface area contributed by atoms with E-state index in [0.29, 0.717) is 5.92 Å². The van der Waals surface area contributed by atoms with Crippen molar-refractivity contribution in [1.82, 2.24) is 9.97 Å². The second kappa shape index (κ2) is 7.09. The van der Waals surface area contributed by atoms with Crippen molar-refractivity contribution in [1.29, 1.82) is 0 Å². The molecule has 2 heterocycles. The van der Waals surface area contributed by atoms with Gasteiger partial charge in [0, 0.05) is 18.0 Å². The minimum atomic E-state index is 0.334. The third-order valence-corrected chi connectivity index (χ3v) is 5.00. The third kappa shape index (κ3) is 3.73. The van der Waals surface area contributed by atoms with Crippen molar-refractivity contribution < 1.29 is 0 Å². The molecule has 0 bridgehead atoms. The fraction of sp³-hybridized carbons (Fsp3) is 0.467. The van der Waals surface area contributed by atoms with Crippen LogP contribution in [0.3, 0.4) is 0 Å². The SMILES string of the molecule is CCCNc1nc(C(C)C)nc(Sc2cccs2)c1C. The molecule has 0 unspecified atom stereocenters. The highest BCUT2D eigenvalue weighted by atomic mass is 32.2. The lowest BCUT2D eigenvalue weighted by atomic mass is 10.2. The van der Waals surface area contributed by atoms with E-state index in [1.165, 1.54) is 4.21 Å². The number of nitrogens with zero attached hydrogens (tertiary/aromatic N) is 2. The van der Waals surface area contributed by atoms with E-state index in [2.05, 4.69) is 55.5 Å². The first-order valence-corrected chi connectivity index (χ1v) is 8.65. The summed E-state index contributed by atoms with van der Waals surface area (Å²) in [5.74, 6) is 2.22. The summed E-state index contributed by atoms with van der Waals surface area (Å²) in [5, 5.41) is 6.57. The second-order valence-corrected chi connectivity index (χ2v) is 7.21. The highest BCUT2D eigenvalue weighted by molar-refractivity contribution is 8.01. The number of hydrogen-bond donors (Lipinski definition) is 1. The van der Waals surface area contributed by atoms with Gasteiger partial charge >= 0.3 is 0 Å². The Morgan fingerprint density at radius 2 is 2.15 bits per heavy atom. The van der Waals surface area contributed by atoms with E-state index in [9.17, 15) is 0 Å². The molecule has 108 valence electrons. The van der Waals surface area contributed by atoms with E-state index in [1.54, 1.807) is 23.1 Å². The Labute approximate surface area is 129 Å². The average molecular weight is 307 g/mol. The summed E-state index contributed by atoms with van der Waals surface area (Å²) in [6.45, 7) is 9.46. The second-order valence-electron chi connectivity index (χ2n) is 4.98. The Morgan fingerprint density at radius 1 is 1.35 bits per heavy atom. The summed E-state index contributed by atoms with van der Waals surface area (Å²) in [5.41, 5.74) is 1.14. The molecule has 3 nitrogen and oxygen atoms in total. The lowest BCUT2D eigenvalue weighted by Gasteiger charge is -2.14. The van der Waals surface area contributed by atoms with Gasteiger partial charge in [-0.25, -0.2) is 9.97 Å². The minimum absolute atomic E-state index is 0.334.